The summed E-state index contributed by atoms with van der Waals surface area (Å²) in [5, 5.41) is 8.29. The van der Waals surface area contributed by atoms with Gasteiger partial charge in [-0.25, -0.2) is 18.8 Å². The number of thiazole rings is 1. The Balaban J connectivity index is 1.62. The summed E-state index contributed by atoms with van der Waals surface area (Å²) in [5.41, 5.74) is 3.81. The van der Waals surface area contributed by atoms with Crippen LogP contribution in [0.15, 0.2) is 56.5 Å². The fraction of sp³-hybridized carbons (Fsp3) is 0.0625. The van der Waals surface area contributed by atoms with E-state index < -0.39 is 15.9 Å². The molecule has 134 valence electrons. The smallest absolute Gasteiger partial charge is 0.271 e. The third kappa shape index (κ3) is 4.54. The number of carbonyl (C=O) groups is 1. The molecule has 0 unspecified atom stereocenters. The van der Waals surface area contributed by atoms with Gasteiger partial charge in [0.2, 0.25) is 0 Å². The third-order valence-corrected chi connectivity index (χ3v) is 6.73. The Labute approximate surface area is 158 Å². The minimum absolute atomic E-state index is 0.228. The number of anilines is 1. The number of aromatic nitrogens is 1. The van der Waals surface area contributed by atoms with E-state index in [4.69, 9.17) is 0 Å². The number of sulfonamides is 1. The summed E-state index contributed by atoms with van der Waals surface area (Å²) >= 11 is 2.63. The van der Waals surface area contributed by atoms with Gasteiger partial charge < -0.3 is 0 Å². The number of hydrogen-bond acceptors (Lipinski definition) is 7. The summed E-state index contributed by atoms with van der Waals surface area (Å²) < 4.78 is 27.0. The highest BCUT2D eigenvalue weighted by atomic mass is 32.2. The number of thiophene rings is 1. The lowest BCUT2D eigenvalue weighted by atomic mass is 10.2. The van der Waals surface area contributed by atoms with Crippen LogP contribution in [0.1, 0.15) is 21.1 Å². The van der Waals surface area contributed by atoms with Crippen LogP contribution < -0.4 is 10.1 Å². The van der Waals surface area contributed by atoms with Crippen molar-refractivity contribution in [3.05, 3.63) is 63.4 Å². The molecule has 0 saturated carbocycles. The molecule has 1 aromatic carbocycles. The highest BCUT2D eigenvalue weighted by Crippen LogP contribution is 2.20. The van der Waals surface area contributed by atoms with Gasteiger partial charge in [-0.15, -0.1) is 22.7 Å². The molecular weight excluding hydrogens is 392 g/mol. The Hall–Kier alpha value is -2.56. The quantitative estimate of drug-likeness (QED) is 0.485. The average Bonchev–Trinajstić information content (AvgIpc) is 3.27. The van der Waals surface area contributed by atoms with Crippen molar-refractivity contribution in [2.24, 2.45) is 5.10 Å². The second kappa shape index (κ2) is 7.77. The monoisotopic (exact) mass is 406 g/mol. The summed E-state index contributed by atoms with van der Waals surface area (Å²) in [6.45, 7) is 1.88. The van der Waals surface area contributed by atoms with Crippen LogP contribution in [0.25, 0.3) is 0 Å². The zero-order valence-electron chi connectivity index (χ0n) is 13.5. The topological polar surface area (TPSA) is 101 Å². The summed E-state index contributed by atoms with van der Waals surface area (Å²) in [6, 6.07) is 9.27. The van der Waals surface area contributed by atoms with Crippen LogP contribution in [0.2, 0.25) is 0 Å². The number of benzene rings is 1. The largest absolute Gasteiger partial charge is 0.279 e. The molecule has 0 aliphatic heterocycles. The lowest BCUT2D eigenvalue weighted by molar-refractivity contribution is 0.0955. The number of rotatable bonds is 6. The number of aryl methyl sites for hydroxylation is 1. The van der Waals surface area contributed by atoms with E-state index >= 15 is 0 Å². The molecule has 3 rings (SSSR count). The van der Waals surface area contributed by atoms with Gasteiger partial charge in [-0.05, 0) is 42.6 Å². The molecule has 0 saturated heterocycles. The molecule has 2 heterocycles. The Morgan fingerprint density at radius 2 is 1.96 bits per heavy atom. The Morgan fingerprint density at radius 3 is 2.58 bits per heavy atom. The highest BCUT2D eigenvalue weighted by Gasteiger charge is 2.15. The lowest BCUT2D eigenvalue weighted by Crippen LogP contribution is -2.17. The summed E-state index contributed by atoms with van der Waals surface area (Å²) in [4.78, 5) is 16.2. The SMILES string of the molecule is Cc1nc(/C=N\NC(=O)c2ccc(NS(=O)(=O)c3cccs3)cc2)cs1. The van der Waals surface area contributed by atoms with Crippen LogP contribution in [-0.4, -0.2) is 25.5 Å². The number of hydrazone groups is 1. The van der Waals surface area contributed by atoms with Crippen LogP contribution in [0.5, 0.6) is 0 Å². The van der Waals surface area contributed by atoms with E-state index in [-0.39, 0.29) is 4.21 Å². The van der Waals surface area contributed by atoms with Gasteiger partial charge in [-0.3, -0.25) is 9.52 Å². The zero-order valence-corrected chi connectivity index (χ0v) is 16.0. The molecule has 0 atom stereocenters. The molecule has 2 aromatic heterocycles. The summed E-state index contributed by atoms with van der Waals surface area (Å²) in [6.07, 6.45) is 1.46. The Morgan fingerprint density at radius 1 is 1.19 bits per heavy atom. The van der Waals surface area contributed by atoms with E-state index in [0.717, 1.165) is 16.3 Å². The predicted molar refractivity (Wildman–Crippen MR) is 103 cm³/mol. The number of nitrogens with one attached hydrogen (secondary N) is 2. The molecule has 10 heteroatoms. The summed E-state index contributed by atoms with van der Waals surface area (Å²) in [7, 11) is -3.61. The fourth-order valence-corrected chi connectivity index (χ4v) is 4.59. The van der Waals surface area contributed by atoms with Gasteiger partial charge in [0.25, 0.3) is 15.9 Å². The molecule has 2 N–H and O–H groups in total. The van der Waals surface area contributed by atoms with Crippen LogP contribution in [0.4, 0.5) is 5.69 Å². The molecule has 26 heavy (non-hydrogen) atoms. The molecule has 1 amide bonds. The Bertz CT molecular complexity index is 1020. The van der Waals surface area contributed by atoms with Gasteiger partial charge in [-0.1, -0.05) is 6.07 Å². The highest BCUT2D eigenvalue weighted by molar-refractivity contribution is 7.94. The van der Waals surface area contributed by atoms with E-state index in [0.29, 0.717) is 16.9 Å². The average molecular weight is 407 g/mol. The molecule has 0 bridgehead atoms. The molecule has 7 nitrogen and oxygen atoms in total. The van der Waals surface area contributed by atoms with E-state index in [1.54, 1.807) is 11.4 Å². The van der Waals surface area contributed by atoms with Crippen molar-refractivity contribution < 1.29 is 13.2 Å². The maximum Gasteiger partial charge on any atom is 0.271 e. The van der Waals surface area contributed by atoms with Gasteiger partial charge in [0, 0.05) is 16.6 Å². The second-order valence-corrected chi connectivity index (χ2v) is 9.02. The van der Waals surface area contributed by atoms with E-state index in [1.165, 1.54) is 47.9 Å². The number of amides is 1. The summed E-state index contributed by atoms with van der Waals surface area (Å²) in [5.74, 6) is -0.402. The molecule has 0 fully saturated rings. The van der Waals surface area contributed by atoms with Crippen molar-refractivity contribution in [2.75, 3.05) is 4.72 Å². The maximum atomic E-state index is 12.2. The minimum atomic E-state index is -3.61. The lowest BCUT2D eigenvalue weighted by Gasteiger charge is -2.07. The van der Waals surface area contributed by atoms with Gasteiger partial charge in [-0.2, -0.15) is 5.10 Å². The number of nitrogens with zero attached hydrogens (tertiary/aromatic N) is 2. The van der Waals surface area contributed by atoms with E-state index in [9.17, 15) is 13.2 Å². The van der Waals surface area contributed by atoms with E-state index in [1.807, 2.05) is 12.3 Å². The normalized spacial score (nSPS) is 11.6. The van der Waals surface area contributed by atoms with Crippen LogP contribution in [0.3, 0.4) is 0 Å². The van der Waals surface area contributed by atoms with Gasteiger partial charge >= 0.3 is 0 Å². The zero-order chi connectivity index (χ0) is 18.6. The first-order chi connectivity index (χ1) is 12.4. The van der Waals surface area contributed by atoms with Crippen LogP contribution in [0, 0.1) is 6.92 Å². The fourth-order valence-electron chi connectivity index (χ4n) is 1.97. The van der Waals surface area contributed by atoms with Crippen molar-refractivity contribution in [1.82, 2.24) is 10.4 Å². The van der Waals surface area contributed by atoms with Gasteiger partial charge in [0.1, 0.15) is 4.21 Å². The standard InChI is InChI=1S/C16H14N4O3S3/c1-11-18-14(10-25-11)9-17-19-16(21)12-4-6-13(7-5-12)20-26(22,23)15-3-2-8-24-15/h2-10,20H,1H3,(H,19,21)/b17-9-. The number of hydrogen-bond donors (Lipinski definition) is 2. The van der Waals surface area contributed by atoms with Gasteiger partial charge in [0.05, 0.1) is 16.9 Å². The molecular formula is C16H14N4O3S3. The molecule has 0 aliphatic carbocycles. The first-order valence-corrected chi connectivity index (χ1v) is 10.6. The third-order valence-electron chi connectivity index (χ3n) is 3.16. The molecule has 0 aliphatic rings. The van der Waals surface area contributed by atoms with Gasteiger partial charge in [0.15, 0.2) is 0 Å². The minimum Gasteiger partial charge on any atom is -0.279 e. The van der Waals surface area contributed by atoms with Crippen molar-refractivity contribution in [3.63, 3.8) is 0 Å². The Kier molecular flexibility index (Phi) is 5.45. The maximum absolute atomic E-state index is 12.2. The van der Waals surface area contributed by atoms with Crippen molar-refractivity contribution in [3.8, 4) is 0 Å². The van der Waals surface area contributed by atoms with Crippen molar-refractivity contribution in [1.29, 1.82) is 0 Å². The molecule has 0 radical (unpaired) electrons. The molecule has 0 spiro atoms. The predicted octanol–water partition coefficient (Wildman–Crippen LogP) is 3.08. The first kappa shape index (κ1) is 18.2. The van der Waals surface area contributed by atoms with Crippen molar-refractivity contribution >= 4 is 50.5 Å². The molecule has 3 aromatic rings. The first-order valence-electron chi connectivity index (χ1n) is 7.36. The second-order valence-electron chi connectivity index (χ2n) is 5.11. The van der Waals surface area contributed by atoms with E-state index in [2.05, 4.69) is 20.2 Å². The number of carbonyl (C=O) groups excluding carboxylic acids is 1. The van der Waals surface area contributed by atoms with Crippen LogP contribution >= 0.6 is 22.7 Å². The van der Waals surface area contributed by atoms with Crippen LogP contribution in [-0.2, 0) is 10.0 Å². The van der Waals surface area contributed by atoms with Crippen molar-refractivity contribution in [2.45, 2.75) is 11.1 Å².